The summed E-state index contributed by atoms with van der Waals surface area (Å²) in [6, 6.07) is 18.1. The van der Waals surface area contributed by atoms with Crippen LogP contribution >= 0.6 is 0 Å². The predicted octanol–water partition coefficient (Wildman–Crippen LogP) is 3.90. The fraction of sp³-hybridized carbons (Fsp3) is 0.440. The molecule has 0 bridgehead atoms. The highest BCUT2D eigenvalue weighted by atomic mass is 16.5. The van der Waals surface area contributed by atoms with Crippen molar-refractivity contribution in [3.63, 3.8) is 0 Å². The van der Waals surface area contributed by atoms with Crippen LogP contribution in [0.5, 0.6) is 0 Å². The molecule has 33 heavy (non-hydrogen) atoms. The van der Waals surface area contributed by atoms with Gasteiger partial charge in [0, 0.05) is 13.1 Å². The first-order chi connectivity index (χ1) is 15.6. The Morgan fingerprint density at radius 1 is 1.00 bits per heavy atom. The van der Waals surface area contributed by atoms with E-state index in [9.17, 15) is 19.8 Å². The molecule has 3 N–H and O–H groups in total. The van der Waals surface area contributed by atoms with E-state index in [1.165, 1.54) is 5.01 Å². The number of carboxylic acid groups (broad SMARTS) is 1. The second-order valence-electron chi connectivity index (χ2n) is 8.84. The smallest absolute Gasteiger partial charge is 0.422 e. The first-order valence-electron chi connectivity index (χ1n) is 11.1. The zero-order chi connectivity index (χ0) is 24.4. The van der Waals surface area contributed by atoms with E-state index in [1.54, 1.807) is 25.8 Å². The van der Waals surface area contributed by atoms with Gasteiger partial charge in [-0.2, -0.15) is 0 Å². The van der Waals surface area contributed by atoms with Crippen LogP contribution in [0.4, 0.5) is 9.59 Å². The molecule has 2 atom stereocenters. The van der Waals surface area contributed by atoms with Crippen molar-refractivity contribution in [2.75, 3.05) is 13.1 Å². The number of hydrogen-bond acceptors (Lipinski definition) is 5. The summed E-state index contributed by atoms with van der Waals surface area (Å²) in [6.07, 6.45) is -2.43. The Bertz CT molecular complexity index is 871. The number of nitrogens with zero attached hydrogens (tertiary/aromatic N) is 2. The second kappa shape index (κ2) is 12.2. The summed E-state index contributed by atoms with van der Waals surface area (Å²) in [7, 11) is 0. The number of aliphatic hydroxyl groups is 1. The number of hydrazine groups is 1. The molecular formula is C25H35N3O5. The lowest BCUT2D eigenvalue weighted by atomic mass is 10.0. The molecule has 0 spiro atoms. The van der Waals surface area contributed by atoms with E-state index in [0.29, 0.717) is 13.0 Å². The number of carbonyl (C=O) groups excluding carboxylic acids is 1. The molecule has 2 aromatic rings. The fourth-order valence-electron chi connectivity index (χ4n) is 3.59. The van der Waals surface area contributed by atoms with E-state index in [0.717, 1.165) is 11.1 Å². The van der Waals surface area contributed by atoms with Crippen molar-refractivity contribution in [3.05, 3.63) is 71.8 Å². The molecule has 0 unspecified atom stereocenters. The van der Waals surface area contributed by atoms with Crippen LogP contribution in [0.2, 0.25) is 0 Å². The van der Waals surface area contributed by atoms with Crippen LogP contribution in [0, 0.1) is 0 Å². The van der Waals surface area contributed by atoms with Crippen LogP contribution < -0.4 is 5.32 Å². The summed E-state index contributed by atoms with van der Waals surface area (Å²) in [5, 5.41) is 26.4. The average molecular weight is 458 g/mol. The largest absolute Gasteiger partial charge is 0.464 e. The van der Waals surface area contributed by atoms with Gasteiger partial charge in [0.2, 0.25) is 0 Å². The minimum absolute atomic E-state index is 0.0243. The normalized spacial score (nSPS) is 13.3. The van der Waals surface area contributed by atoms with Crippen LogP contribution in [0.1, 0.15) is 38.8 Å². The molecule has 2 amide bonds. The molecule has 0 radical (unpaired) electrons. The Kier molecular flexibility index (Phi) is 9.69. The van der Waals surface area contributed by atoms with Gasteiger partial charge in [-0.05, 0) is 38.3 Å². The minimum atomic E-state index is -1.11. The first-order valence-corrected chi connectivity index (χ1v) is 11.1. The third-order valence-electron chi connectivity index (χ3n) is 5.14. The van der Waals surface area contributed by atoms with Crippen molar-refractivity contribution in [3.8, 4) is 0 Å². The number of nitrogens with one attached hydrogen (secondary N) is 1. The molecule has 2 rings (SSSR count). The number of carbonyl (C=O) groups is 2. The van der Waals surface area contributed by atoms with Gasteiger partial charge < -0.3 is 20.3 Å². The number of amides is 2. The Morgan fingerprint density at radius 2 is 1.55 bits per heavy atom. The number of hydrogen-bond donors (Lipinski definition) is 3. The molecular weight excluding hydrogens is 422 g/mol. The van der Waals surface area contributed by atoms with Gasteiger partial charge in [0.1, 0.15) is 6.61 Å². The highest BCUT2D eigenvalue weighted by Crippen LogP contribution is 2.18. The van der Waals surface area contributed by atoms with Gasteiger partial charge in [0.15, 0.2) is 0 Å². The molecule has 0 saturated heterocycles. The molecule has 180 valence electrons. The Morgan fingerprint density at radius 3 is 2.03 bits per heavy atom. The number of benzene rings is 2. The van der Waals surface area contributed by atoms with Gasteiger partial charge >= 0.3 is 12.2 Å². The highest BCUT2D eigenvalue weighted by molar-refractivity contribution is 5.68. The van der Waals surface area contributed by atoms with Gasteiger partial charge in [-0.3, -0.25) is 0 Å². The predicted molar refractivity (Wildman–Crippen MR) is 127 cm³/mol. The molecule has 8 heteroatoms. The van der Waals surface area contributed by atoms with E-state index >= 15 is 0 Å². The third kappa shape index (κ3) is 8.40. The van der Waals surface area contributed by atoms with Crippen molar-refractivity contribution in [1.82, 2.24) is 15.3 Å². The summed E-state index contributed by atoms with van der Waals surface area (Å²) in [4.78, 5) is 24.4. The number of aliphatic hydroxyl groups excluding tert-OH is 1. The lowest BCUT2D eigenvalue weighted by molar-refractivity contribution is -0.0854. The molecule has 8 nitrogen and oxygen atoms in total. The lowest BCUT2D eigenvalue weighted by Crippen LogP contribution is -2.59. The second-order valence-corrected chi connectivity index (χ2v) is 8.84. The molecule has 0 aliphatic rings. The quantitative estimate of drug-likeness (QED) is 0.468. The summed E-state index contributed by atoms with van der Waals surface area (Å²) in [6.45, 7) is 7.69. The fourth-order valence-corrected chi connectivity index (χ4v) is 3.59. The van der Waals surface area contributed by atoms with Crippen molar-refractivity contribution in [1.29, 1.82) is 0 Å². The standard InChI is InChI=1S/C25H35N3O5/c1-5-27(28(24(31)32)25(2,3)4)17-22(29)21(16-19-12-8-6-9-13-19)26-23(30)33-18-20-14-10-7-11-15-20/h6-15,21-22,29H,5,16-18H2,1-4H3,(H,26,30)(H,31,32)/t21-,22+/m0/s1. The molecule has 0 aliphatic heterocycles. The molecule has 0 aliphatic carbocycles. The van der Waals surface area contributed by atoms with Crippen LogP contribution in [-0.4, -0.2) is 63.2 Å². The Hall–Kier alpha value is -3.10. The highest BCUT2D eigenvalue weighted by Gasteiger charge is 2.34. The molecule has 0 aromatic heterocycles. The average Bonchev–Trinajstić information content (AvgIpc) is 2.77. The minimum Gasteiger partial charge on any atom is -0.464 e. The summed E-state index contributed by atoms with van der Waals surface area (Å²) >= 11 is 0. The first kappa shape index (κ1) is 26.2. The number of alkyl carbamates (subject to hydrolysis) is 1. The molecule has 0 fully saturated rings. The Balaban J connectivity index is 2.13. The van der Waals surface area contributed by atoms with Crippen molar-refractivity contribution >= 4 is 12.2 Å². The summed E-state index contributed by atoms with van der Waals surface area (Å²) < 4.78 is 5.34. The van der Waals surface area contributed by atoms with Crippen LogP contribution in [0.15, 0.2) is 60.7 Å². The monoisotopic (exact) mass is 457 g/mol. The summed E-state index contributed by atoms with van der Waals surface area (Å²) in [5.41, 5.74) is 1.09. The zero-order valence-electron chi connectivity index (χ0n) is 19.8. The van der Waals surface area contributed by atoms with E-state index in [4.69, 9.17) is 4.74 Å². The molecule has 0 saturated carbocycles. The van der Waals surface area contributed by atoms with Crippen LogP contribution in [0.25, 0.3) is 0 Å². The zero-order valence-corrected chi connectivity index (χ0v) is 19.8. The lowest BCUT2D eigenvalue weighted by Gasteiger charge is -2.42. The maximum absolute atomic E-state index is 12.5. The topological polar surface area (TPSA) is 102 Å². The van der Waals surface area contributed by atoms with E-state index < -0.39 is 29.9 Å². The van der Waals surface area contributed by atoms with Gasteiger partial charge in [-0.1, -0.05) is 67.6 Å². The van der Waals surface area contributed by atoms with Gasteiger partial charge in [-0.15, -0.1) is 0 Å². The molecule has 0 heterocycles. The third-order valence-corrected chi connectivity index (χ3v) is 5.14. The summed E-state index contributed by atoms with van der Waals surface area (Å²) in [5.74, 6) is 0. The van der Waals surface area contributed by atoms with Gasteiger partial charge in [0.25, 0.3) is 0 Å². The van der Waals surface area contributed by atoms with Crippen LogP contribution in [0.3, 0.4) is 0 Å². The van der Waals surface area contributed by atoms with Gasteiger partial charge in [-0.25, -0.2) is 19.6 Å². The number of likely N-dealkylation sites (N-methyl/N-ethyl adjacent to an activating group) is 1. The van der Waals surface area contributed by atoms with Crippen LogP contribution in [-0.2, 0) is 17.8 Å². The van der Waals surface area contributed by atoms with Crippen molar-refractivity contribution in [2.24, 2.45) is 0 Å². The van der Waals surface area contributed by atoms with Crippen molar-refractivity contribution in [2.45, 2.75) is 58.4 Å². The number of rotatable bonds is 10. The SMILES string of the molecule is CCN(C[C@@H](O)[C@H](Cc1ccccc1)NC(=O)OCc1ccccc1)N(C(=O)O)C(C)(C)C. The van der Waals surface area contributed by atoms with E-state index in [1.807, 2.05) is 67.6 Å². The molecule has 2 aromatic carbocycles. The maximum atomic E-state index is 12.5. The number of ether oxygens (including phenoxy) is 1. The maximum Gasteiger partial charge on any atom is 0.422 e. The van der Waals surface area contributed by atoms with E-state index in [2.05, 4.69) is 5.32 Å². The van der Waals surface area contributed by atoms with Crippen molar-refractivity contribution < 1.29 is 24.5 Å². The Labute approximate surface area is 195 Å². The van der Waals surface area contributed by atoms with Gasteiger partial charge in [0.05, 0.1) is 17.7 Å². The van der Waals surface area contributed by atoms with E-state index in [-0.39, 0.29) is 13.2 Å².